The molecule has 2 N–H and O–H groups in total. The monoisotopic (exact) mass is 479 g/mol. The van der Waals surface area contributed by atoms with Crippen molar-refractivity contribution >= 4 is 48.8 Å². The minimum absolute atomic E-state index is 0.0197. The largest absolute Gasteiger partial charge is 0.871 e. The zero-order valence-electron chi connectivity index (χ0n) is 14.8. The lowest BCUT2D eigenvalue weighted by molar-refractivity contribution is -0.657. The van der Waals surface area contributed by atoms with Crippen LogP contribution in [0.5, 0.6) is 5.75 Å². The van der Waals surface area contributed by atoms with Crippen molar-refractivity contribution in [1.29, 1.82) is 0 Å². The maximum absolute atomic E-state index is 12.3. The number of hydrogen-bond acceptors (Lipinski definition) is 2. The molecule has 138 valence electrons. The number of halogens is 2. The summed E-state index contributed by atoms with van der Waals surface area (Å²) in [5.74, 6) is 0.963. The normalized spacial score (nSPS) is 11.2. The van der Waals surface area contributed by atoms with Gasteiger partial charge in [0.15, 0.2) is 0 Å². The minimum atomic E-state index is 0.0197. The standard InChI is InChI=1S/C20H23Br2N3O/c1-2-3-4-7-10-25-18-9-6-5-8-17(18)24-20(25)23-13-14-11-15(21)12-16(22)19(14)26/h5-6,8-9,11-12H,2-4,7,10,13H2,1H3,(H2,23,24,26). The predicted molar refractivity (Wildman–Crippen MR) is 111 cm³/mol. The fourth-order valence-electron chi connectivity index (χ4n) is 3.12. The van der Waals surface area contributed by atoms with E-state index in [1.165, 1.54) is 24.8 Å². The number of fused-ring (bicyclic) bond motifs is 1. The Morgan fingerprint density at radius 3 is 2.73 bits per heavy atom. The van der Waals surface area contributed by atoms with Crippen LogP contribution in [0.15, 0.2) is 45.3 Å². The molecule has 0 aliphatic heterocycles. The molecule has 0 fully saturated rings. The van der Waals surface area contributed by atoms with Crippen LogP contribution in [0.3, 0.4) is 0 Å². The van der Waals surface area contributed by atoms with E-state index in [4.69, 9.17) is 0 Å². The molecule has 0 amide bonds. The van der Waals surface area contributed by atoms with Gasteiger partial charge >= 0.3 is 5.95 Å². The summed E-state index contributed by atoms with van der Waals surface area (Å²) in [6.07, 6.45) is 4.86. The van der Waals surface area contributed by atoms with E-state index in [0.717, 1.165) is 34.5 Å². The van der Waals surface area contributed by atoms with Crippen LogP contribution in [0, 0.1) is 0 Å². The molecular formula is C20H23Br2N3O. The molecule has 0 spiro atoms. The number of para-hydroxylation sites is 2. The van der Waals surface area contributed by atoms with Gasteiger partial charge in [-0.25, -0.2) is 9.55 Å². The maximum atomic E-state index is 12.3. The van der Waals surface area contributed by atoms with Gasteiger partial charge in [0, 0.05) is 8.95 Å². The number of hydrogen-bond donors (Lipinski definition) is 2. The number of unbranched alkanes of at least 4 members (excludes halogenated alkanes) is 3. The summed E-state index contributed by atoms with van der Waals surface area (Å²) in [6, 6.07) is 12.0. The Hall–Kier alpha value is -1.53. The third-order valence-corrected chi connectivity index (χ3v) is 5.53. The topological polar surface area (TPSA) is 54.8 Å². The molecule has 3 rings (SSSR count). The molecule has 0 saturated carbocycles. The average molecular weight is 481 g/mol. The first kappa shape index (κ1) is 19.2. The smallest absolute Gasteiger partial charge is 0.356 e. The minimum Gasteiger partial charge on any atom is -0.871 e. The van der Waals surface area contributed by atoms with Crippen molar-refractivity contribution in [3.63, 3.8) is 0 Å². The highest BCUT2D eigenvalue weighted by Crippen LogP contribution is 2.30. The molecule has 0 aliphatic carbocycles. The maximum Gasteiger partial charge on any atom is 0.356 e. The number of aromatic nitrogens is 2. The van der Waals surface area contributed by atoms with Crippen LogP contribution in [0.4, 0.5) is 5.95 Å². The van der Waals surface area contributed by atoms with Crippen LogP contribution in [-0.2, 0) is 13.1 Å². The van der Waals surface area contributed by atoms with Gasteiger partial charge in [0.05, 0.1) is 13.1 Å². The molecule has 0 unspecified atom stereocenters. The van der Waals surface area contributed by atoms with Gasteiger partial charge in [0.25, 0.3) is 0 Å². The molecule has 4 nitrogen and oxygen atoms in total. The summed E-state index contributed by atoms with van der Waals surface area (Å²) in [5.41, 5.74) is 3.01. The van der Waals surface area contributed by atoms with Gasteiger partial charge in [-0.05, 0) is 36.2 Å². The van der Waals surface area contributed by atoms with Crippen LogP contribution >= 0.6 is 31.9 Å². The number of anilines is 1. The van der Waals surface area contributed by atoms with E-state index in [1.54, 1.807) is 6.07 Å². The van der Waals surface area contributed by atoms with Crippen LogP contribution in [-0.4, -0.2) is 4.98 Å². The van der Waals surface area contributed by atoms with Gasteiger partial charge in [0.2, 0.25) is 0 Å². The summed E-state index contributed by atoms with van der Waals surface area (Å²) in [7, 11) is 0. The van der Waals surface area contributed by atoms with Gasteiger partial charge in [-0.1, -0.05) is 75.9 Å². The first-order chi connectivity index (χ1) is 12.6. The number of H-pyrrole nitrogens is 1. The van der Waals surface area contributed by atoms with Gasteiger partial charge in [-0.3, -0.25) is 5.32 Å². The second kappa shape index (κ2) is 8.91. The number of nitrogens with zero attached hydrogens (tertiary/aromatic N) is 1. The fourth-order valence-corrected chi connectivity index (χ4v) is 4.44. The van der Waals surface area contributed by atoms with Crippen LogP contribution in [0.2, 0.25) is 0 Å². The SMILES string of the molecule is CCCCCC[n+]1c(NCc2cc(Br)cc(Br)c2[O-])[nH]c2ccccc21. The molecule has 0 atom stereocenters. The Morgan fingerprint density at radius 1 is 1.12 bits per heavy atom. The predicted octanol–water partition coefficient (Wildman–Crippen LogP) is 5.25. The summed E-state index contributed by atoms with van der Waals surface area (Å²) < 4.78 is 3.75. The summed E-state index contributed by atoms with van der Waals surface area (Å²) in [4.78, 5) is 3.45. The third kappa shape index (κ3) is 4.41. The zero-order valence-corrected chi connectivity index (χ0v) is 18.0. The molecule has 6 heteroatoms. The van der Waals surface area contributed by atoms with E-state index in [-0.39, 0.29) is 5.75 Å². The van der Waals surface area contributed by atoms with E-state index >= 15 is 0 Å². The van der Waals surface area contributed by atoms with Crippen molar-refractivity contribution in [2.24, 2.45) is 0 Å². The first-order valence-corrected chi connectivity index (χ1v) is 10.6. The van der Waals surface area contributed by atoms with Crippen molar-refractivity contribution in [2.75, 3.05) is 5.32 Å². The Morgan fingerprint density at radius 2 is 1.92 bits per heavy atom. The molecule has 0 radical (unpaired) electrons. The van der Waals surface area contributed by atoms with Gasteiger partial charge in [-0.2, -0.15) is 0 Å². The lowest BCUT2D eigenvalue weighted by Crippen LogP contribution is -2.36. The van der Waals surface area contributed by atoms with E-state index in [1.807, 2.05) is 12.1 Å². The van der Waals surface area contributed by atoms with Crippen molar-refractivity contribution < 1.29 is 9.67 Å². The lowest BCUT2D eigenvalue weighted by atomic mass is 10.2. The molecule has 0 bridgehead atoms. The van der Waals surface area contributed by atoms with Crippen molar-refractivity contribution in [1.82, 2.24) is 4.98 Å². The fraction of sp³-hybridized carbons (Fsp3) is 0.350. The van der Waals surface area contributed by atoms with Gasteiger partial charge in [0.1, 0.15) is 11.0 Å². The highest BCUT2D eigenvalue weighted by atomic mass is 79.9. The second-order valence-electron chi connectivity index (χ2n) is 6.43. The first-order valence-electron chi connectivity index (χ1n) is 8.99. The Labute approximate surface area is 170 Å². The summed E-state index contributed by atoms with van der Waals surface area (Å²) >= 11 is 6.79. The van der Waals surface area contributed by atoms with Crippen molar-refractivity contribution in [3.05, 3.63) is 50.9 Å². The molecule has 0 aliphatic rings. The van der Waals surface area contributed by atoms with Crippen LogP contribution in [0.25, 0.3) is 11.0 Å². The molecule has 26 heavy (non-hydrogen) atoms. The van der Waals surface area contributed by atoms with Gasteiger partial charge < -0.3 is 5.11 Å². The number of rotatable bonds is 8. The number of nitrogens with one attached hydrogen (secondary N) is 2. The number of aromatic amines is 1. The van der Waals surface area contributed by atoms with Crippen molar-refractivity contribution in [2.45, 2.75) is 45.7 Å². The number of benzene rings is 2. The van der Waals surface area contributed by atoms with E-state index in [2.05, 4.69) is 71.9 Å². The number of imidazole rings is 1. The van der Waals surface area contributed by atoms with E-state index in [9.17, 15) is 5.11 Å². The summed E-state index contributed by atoms with van der Waals surface area (Å²) in [5, 5.41) is 15.7. The lowest BCUT2D eigenvalue weighted by Gasteiger charge is -2.15. The van der Waals surface area contributed by atoms with E-state index in [0.29, 0.717) is 11.0 Å². The summed E-state index contributed by atoms with van der Waals surface area (Å²) in [6.45, 7) is 3.65. The van der Waals surface area contributed by atoms with Crippen LogP contribution < -0.4 is 15.0 Å². The Bertz CT molecular complexity index is 892. The molecule has 1 heterocycles. The number of aryl methyl sites for hydroxylation is 1. The molecule has 1 aromatic heterocycles. The van der Waals surface area contributed by atoms with E-state index < -0.39 is 0 Å². The second-order valence-corrected chi connectivity index (χ2v) is 8.20. The average Bonchev–Trinajstić information content (AvgIpc) is 2.98. The Balaban J connectivity index is 1.82. The molecular weight excluding hydrogens is 458 g/mol. The molecule has 3 aromatic rings. The highest BCUT2D eigenvalue weighted by Gasteiger charge is 2.16. The van der Waals surface area contributed by atoms with Crippen molar-refractivity contribution in [3.8, 4) is 5.75 Å². The molecule has 0 saturated heterocycles. The quantitative estimate of drug-likeness (QED) is 0.342. The zero-order chi connectivity index (χ0) is 18.5. The molecule has 2 aromatic carbocycles. The Kier molecular flexibility index (Phi) is 6.59. The van der Waals surface area contributed by atoms with Gasteiger partial charge in [-0.15, -0.1) is 0 Å². The highest BCUT2D eigenvalue weighted by molar-refractivity contribution is 9.11. The third-order valence-electron chi connectivity index (χ3n) is 4.48. The van der Waals surface area contributed by atoms with Crippen LogP contribution in [0.1, 0.15) is 38.2 Å².